The van der Waals surface area contributed by atoms with Crippen molar-refractivity contribution in [3.63, 3.8) is 0 Å². The highest BCUT2D eigenvalue weighted by Crippen LogP contribution is 2.16. The Kier molecular flexibility index (Phi) is 11.7. The highest BCUT2D eigenvalue weighted by atomic mass is 14.7. The third-order valence-corrected chi connectivity index (χ3v) is 2.53. The van der Waals surface area contributed by atoms with Crippen LogP contribution >= 0.6 is 0 Å². The molecule has 0 spiro atoms. The molecular formula is C15H29N. The molecule has 0 atom stereocenters. The summed E-state index contributed by atoms with van der Waals surface area (Å²) in [6.45, 7) is 16.6. The molecule has 0 radical (unpaired) electrons. The second kappa shape index (κ2) is 10.7. The molecule has 1 heterocycles. The quantitative estimate of drug-likeness (QED) is 0.696. The summed E-state index contributed by atoms with van der Waals surface area (Å²) < 4.78 is 0. The van der Waals surface area contributed by atoms with Gasteiger partial charge in [0.25, 0.3) is 0 Å². The van der Waals surface area contributed by atoms with Gasteiger partial charge in [0, 0.05) is 11.9 Å². The van der Waals surface area contributed by atoms with Crippen LogP contribution in [0.2, 0.25) is 0 Å². The standard InChI is InChI=1S/C11H17N.2C2H6/c1-5-10-7-12-9(4)8(3)11(10)6-2;2*1-2/h7H,5-6H2,1-4H3;2*1-2H3. The van der Waals surface area contributed by atoms with Gasteiger partial charge in [-0.2, -0.15) is 0 Å². The Morgan fingerprint density at radius 1 is 0.938 bits per heavy atom. The highest BCUT2D eigenvalue weighted by Gasteiger charge is 2.04. The fraction of sp³-hybridized carbons (Fsp3) is 0.667. The van der Waals surface area contributed by atoms with E-state index in [9.17, 15) is 0 Å². The minimum Gasteiger partial charge on any atom is -0.261 e. The maximum absolute atomic E-state index is 4.36. The summed E-state index contributed by atoms with van der Waals surface area (Å²) in [4.78, 5) is 4.36. The zero-order chi connectivity index (χ0) is 13.1. The molecule has 1 nitrogen and oxygen atoms in total. The molecular weight excluding hydrogens is 194 g/mol. The summed E-state index contributed by atoms with van der Waals surface area (Å²) in [7, 11) is 0. The average Bonchev–Trinajstić information content (AvgIpc) is 2.37. The van der Waals surface area contributed by atoms with Gasteiger partial charge in [0.2, 0.25) is 0 Å². The number of pyridine rings is 1. The fourth-order valence-corrected chi connectivity index (χ4v) is 1.61. The van der Waals surface area contributed by atoms with Crippen LogP contribution in [0.1, 0.15) is 63.9 Å². The molecule has 0 saturated heterocycles. The van der Waals surface area contributed by atoms with E-state index in [2.05, 4.69) is 32.7 Å². The smallest absolute Gasteiger partial charge is 0.0404 e. The summed E-state index contributed by atoms with van der Waals surface area (Å²) in [5.41, 5.74) is 5.44. The Balaban J connectivity index is 0. The van der Waals surface area contributed by atoms with Crippen LogP contribution in [0.5, 0.6) is 0 Å². The summed E-state index contributed by atoms with van der Waals surface area (Å²) in [6.07, 6.45) is 4.23. The van der Waals surface area contributed by atoms with E-state index in [-0.39, 0.29) is 0 Å². The average molecular weight is 223 g/mol. The number of hydrogen-bond donors (Lipinski definition) is 0. The van der Waals surface area contributed by atoms with E-state index in [1.54, 1.807) is 0 Å². The molecule has 0 aromatic carbocycles. The number of aromatic nitrogens is 1. The molecule has 0 aliphatic carbocycles. The van der Waals surface area contributed by atoms with Crippen LogP contribution in [-0.2, 0) is 12.8 Å². The van der Waals surface area contributed by atoms with E-state index < -0.39 is 0 Å². The van der Waals surface area contributed by atoms with E-state index in [1.165, 1.54) is 22.4 Å². The van der Waals surface area contributed by atoms with Crippen molar-refractivity contribution in [3.05, 3.63) is 28.6 Å². The topological polar surface area (TPSA) is 12.9 Å². The SMILES string of the molecule is CC.CC.CCc1cnc(C)c(C)c1CC. The lowest BCUT2D eigenvalue weighted by Crippen LogP contribution is -1.99. The van der Waals surface area contributed by atoms with Crippen molar-refractivity contribution in [2.45, 2.75) is 68.2 Å². The Hall–Kier alpha value is -0.850. The van der Waals surface area contributed by atoms with E-state index in [0.29, 0.717) is 0 Å². The minimum absolute atomic E-state index is 1.09. The fourth-order valence-electron chi connectivity index (χ4n) is 1.61. The Bertz CT molecular complexity index is 277. The summed E-state index contributed by atoms with van der Waals surface area (Å²) in [6, 6.07) is 0. The van der Waals surface area contributed by atoms with Crippen LogP contribution in [0.3, 0.4) is 0 Å². The monoisotopic (exact) mass is 223 g/mol. The van der Waals surface area contributed by atoms with Crippen molar-refractivity contribution in [2.75, 3.05) is 0 Å². The molecule has 0 bridgehead atoms. The predicted molar refractivity (Wildman–Crippen MR) is 75.2 cm³/mol. The molecule has 1 rings (SSSR count). The van der Waals surface area contributed by atoms with Gasteiger partial charge in [-0.15, -0.1) is 0 Å². The molecule has 0 N–H and O–H groups in total. The van der Waals surface area contributed by atoms with Crippen molar-refractivity contribution in [1.82, 2.24) is 4.98 Å². The van der Waals surface area contributed by atoms with Gasteiger partial charge in [-0.25, -0.2) is 0 Å². The summed E-state index contributed by atoms with van der Waals surface area (Å²) >= 11 is 0. The van der Waals surface area contributed by atoms with E-state index in [4.69, 9.17) is 0 Å². The van der Waals surface area contributed by atoms with E-state index in [0.717, 1.165) is 12.8 Å². The molecule has 94 valence electrons. The zero-order valence-electron chi connectivity index (χ0n) is 12.4. The molecule has 0 unspecified atom stereocenters. The normalized spacial score (nSPS) is 8.50. The third-order valence-electron chi connectivity index (χ3n) is 2.53. The first-order chi connectivity index (χ1) is 7.70. The molecule has 1 aromatic rings. The highest BCUT2D eigenvalue weighted by molar-refractivity contribution is 5.35. The summed E-state index contributed by atoms with van der Waals surface area (Å²) in [5, 5.41) is 0. The number of rotatable bonds is 2. The van der Waals surface area contributed by atoms with Crippen LogP contribution < -0.4 is 0 Å². The lowest BCUT2D eigenvalue weighted by Gasteiger charge is -2.10. The van der Waals surface area contributed by atoms with Gasteiger partial charge in [0.05, 0.1) is 0 Å². The molecule has 0 saturated carbocycles. The summed E-state index contributed by atoms with van der Waals surface area (Å²) in [5.74, 6) is 0. The van der Waals surface area contributed by atoms with Gasteiger partial charge in [-0.05, 0) is 43.4 Å². The minimum atomic E-state index is 1.09. The van der Waals surface area contributed by atoms with Gasteiger partial charge < -0.3 is 0 Å². The van der Waals surface area contributed by atoms with Crippen LogP contribution in [0.25, 0.3) is 0 Å². The van der Waals surface area contributed by atoms with E-state index >= 15 is 0 Å². The van der Waals surface area contributed by atoms with Crippen molar-refractivity contribution >= 4 is 0 Å². The zero-order valence-corrected chi connectivity index (χ0v) is 12.4. The predicted octanol–water partition coefficient (Wildman–Crippen LogP) is 4.88. The van der Waals surface area contributed by atoms with Gasteiger partial charge in [-0.3, -0.25) is 4.98 Å². The molecule has 0 aliphatic rings. The van der Waals surface area contributed by atoms with Crippen LogP contribution in [0.15, 0.2) is 6.20 Å². The largest absolute Gasteiger partial charge is 0.261 e. The van der Waals surface area contributed by atoms with Crippen LogP contribution in [0.4, 0.5) is 0 Å². The van der Waals surface area contributed by atoms with Gasteiger partial charge in [0.15, 0.2) is 0 Å². The maximum atomic E-state index is 4.36. The molecule has 0 amide bonds. The Morgan fingerprint density at radius 2 is 1.44 bits per heavy atom. The van der Waals surface area contributed by atoms with Gasteiger partial charge in [-0.1, -0.05) is 41.5 Å². The lowest BCUT2D eigenvalue weighted by atomic mass is 9.99. The number of aryl methyl sites for hydroxylation is 2. The number of hydrogen-bond acceptors (Lipinski definition) is 1. The van der Waals surface area contributed by atoms with Crippen LogP contribution in [0, 0.1) is 13.8 Å². The van der Waals surface area contributed by atoms with Crippen molar-refractivity contribution in [1.29, 1.82) is 0 Å². The van der Waals surface area contributed by atoms with Crippen molar-refractivity contribution in [2.24, 2.45) is 0 Å². The molecule has 1 heteroatoms. The lowest BCUT2D eigenvalue weighted by molar-refractivity contribution is 0.968. The van der Waals surface area contributed by atoms with Gasteiger partial charge in [0.1, 0.15) is 0 Å². The van der Waals surface area contributed by atoms with Crippen molar-refractivity contribution in [3.8, 4) is 0 Å². The first kappa shape index (κ1) is 17.5. The van der Waals surface area contributed by atoms with E-state index in [1.807, 2.05) is 33.9 Å². The molecule has 16 heavy (non-hydrogen) atoms. The first-order valence-corrected chi connectivity index (χ1v) is 6.64. The Morgan fingerprint density at radius 3 is 1.81 bits per heavy atom. The second-order valence-corrected chi connectivity index (χ2v) is 3.18. The molecule has 1 aromatic heterocycles. The molecule has 0 aliphatic heterocycles. The third kappa shape index (κ3) is 4.78. The van der Waals surface area contributed by atoms with Crippen molar-refractivity contribution < 1.29 is 0 Å². The Labute approximate surface area is 102 Å². The first-order valence-electron chi connectivity index (χ1n) is 6.64. The number of nitrogens with zero attached hydrogens (tertiary/aromatic N) is 1. The van der Waals surface area contributed by atoms with Crippen LogP contribution in [-0.4, -0.2) is 4.98 Å². The molecule has 0 fully saturated rings. The van der Waals surface area contributed by atoms with Gasteiger partial charge >= 0.3 is 0 Å². The maximum Gasteiger partial charge on any atom is 0.0404 e. The second-order valence-electron chi connectivity index (χ2n) is 3.18.